The maximum Gasteiger partial charge on any atom is 0.239 e. The molecule has 0 radical (unpaired) electrons. The summed E-state index contributed by atoms with van der Waals surface area (Å²) in [6.07, 6.45) is 2.11. The van der Waals surface area contributed by atoms with Gasteiger partial charge in [0.1, 0.15) is 6.04 Å². The van der Waals surface area contributed by atoms with E-state index in [0.29, 0.717) is 13.2 Å². The highest BCUT2D eigenvalue weighted by Gasteiger charge is 2.45. The minimum Gasteiger partial charge on any atom is -0.375 e. The van der Waals surface area contributed by atoms with Crippen LogP contribution in [0.15, 0.2) is 24.3 Å². The summed E-state index contributed by atoms with van der Waals surface area (Å²) in [4.78, 5) is 12.3. The fraction of sp³-hybridized carbons (Fsp3) is 0.562. The van der Waals surface area contributed by atoms with Crippen molar-refractivity contribution in [3.8, 4) is 0 Å². The number of carbonyl (C=O) groups is 1. The first-order chi connectivity index (χ1) is 10.1. The molecule has 4 nitrogen and oxygen atoms in total. The number of halogens is 2. The Balaban J connectivity index is 0.00000176. The van der Waals surface area contributed by atoms with Gasteiger partial charge in [-0.3, -0.25) is 4.79 Å². The molecule has 0 spiro atoms. The number of ether oxygens (including phenoxy) is 1. The minimum absolute atomic E-state index is 0. The second-order valence-corrected chi connectivity index (χ2v) is 6.45. The molecule has 122 valence electrons. The highest BCUT2D eigenvalue weighted by molar-refractivity contribution is 6.30. The Bertz CT molecular complexity index is 535. The number of nitrogens with one attached hydrogen (secondary N) is 2. The number of morpholine rings is 1. The molecule has 6 heteroatoms. The van der Waals surface area contributed by atoms with Gasteiger partial charge < -0.3 is 15.4 Å². The highest BCUT2D eigenvalue weighted by atomic mass is 35.5. The number of rotatable bonds is 4. The number of carbonyl (C=O) groups excluding carboxylic acids is 1. The molecule has 0 bridgehead atoms. The van der Waals surface area contributed by atoms with Gasteiger partial charge in [0, 0.05) is 23.5 Å². The SMILES string of the molecule is C[C@H]1OCCN[C@@H]1C(=O)NCC1(c2cccc(Cl)c2)CC1.Cl. The molecule has 3 rings (SSSR count). The lowest BCUT2D eigenvalue weighted by atomic mass is 9.95. The molecule has 1 saturated heterocycles. The van der Waals surface area contributed by atoms with E-state index in [0.717, 1.165) is 24.4 Å². The molecule has 1 aliphatic carbocycles. The molecular formula is C16H22Cl2N2O2. The average Bonchev–Trinajstić information content (AvgIpc) is 3.26. The fourth-order valence-electron chi connectivity index (χ4n) is 2.93. The lowest BCUT2D eigenvalue weighted by molar-refractivity contribution is -0.129. The van der Waals surface area contributed by atoms with Gasteiger partial charge >= 0.3 is 0 Å². The van der Waals surface area contributed by atoms with Crippen LogP contribution in [0.1, 0.15) is 25.3 Å². The van der Waals surface area contributed by atoms with E-state index in [-0.39, 0.29) is 35.9 Å². The van der Waals surface area contributed by atoms with Crippen LogP contribution in [0.2, 0.25) is 5.02 Å². The summed E-state index contributed by atoms with van der Waals surface area (Å²) in [5, 5.41) is 7.05. The number of hydrogen-bond acceptors (Lipinski definition) is 3. The van der Waals surface area contributed by atoms with E-state index in [1.165, 1.54) is 5.56 Å². The smallest absolute Gasteiger partial charge is 0.239 e. The Kier molecular flexibility index (Phi) is 5.72. The first-order valence-corrected chi connectivity index (χ1v) is 7.87. The zero-order chi connectivity index (χ0) is 14.9. The monoisotopic (exact) mass is 344 g/mol. The van der Waals surface area contributed by atoms with Gasteiger partial charge in [0.25, 0.3) is 0 Å². The maximum absolute atomic E-state index is 12.3. The van der Waals surface area contributed by atoms with Crippen molar-refractivity contribution < 1.29 is 9.53 Å². The van der Waals surface area contributed by atoms with Gasteiger partial charge in [-0.05, 0) is 37.5 Å². The molecule has 2 fully saturated rings. The number of amides is 1. The molecule has 1 amide bonds. The van der Waals surface area contributed by atoms with Crippen molar-refractivity contribution >= 4 is 29.9 Å². The van der Waals surface area contributed by atoms with Crippen LogP contribution in [-0.2, 0) is 14.9 Å². The Morgan fingerprint density at radius 3 is 2.91 bits per heavy atom. The minimum atomic E-state index is -0.256. The van der Waals surface area contributed by atoms with Crippen LogP contribution in [0.5, 0.6) is 0 Å². The molecular weight excluding hydrogens is 323 g/mol. The van der Waals surface area contributed by atoms with Crippen molar-refractivity contribution in [3.05, 3.63) is 34.9 Å². The van der Waals surface area contributed by atoms with E-state index in [2.05, 4.69) is 16.7 Å². The Labute approximate surface area is 142 Å². The Hall–Kier alpha value is -0.810. The van der Waals surface area contributed by atoms with Gasteiger partial charge in [-0.15, -0.1) is 12.4 Å². The van der Waals surface area contributed by atoms with E-state index in [9.17, 15) is 4.79 Å². The van der Waals surface area contributed by atoms with E-state index < -0.39 is 0 Å². The zero-order valence-electron chi connectivity index (χ0n) is 12.6. The van der Waals surface area contributed by atoms with Crippen LogP contribution in [0.4, 0.5) is 0 Å². The molecule has 22 heavy (non-hydrogen) atoms. The summed E-state index contributed by atoms with van der Waals surface area (Å²) in [7, 11) is 0. The molecule has 1 heterocycles. The molecule has 1 aromatic carbocycles. The molecule has 1 aliphatic heterocycles. The normalized spacial score (nSPS) is 25.9. The van der Waals surface area contributed by atoms with Crippen LogP contribution in [0, 0.1) is 0 Å². The molecule has 2 aliphatic rings. The summed E-state index contributed by atoms with van der Waals surface area (Å²) >= 11 is 6.07. The topological polar surface area (TPSA) is 50.4 Å². The lowest BCUT2D eigenvalue weighted by Gasteiger charge is -2.30. The van der Waals surface area contributed by atoms with E-state index >= 15 is 0 Å². The molecule has 1 aromatic rings. The van der Waals surface area contributed by atoms with E-state index in [4.69, 9.17) is 16.3 Å². The summed E-state index contributed by atoms with van der Waals surface area (Å²) in [6, 6.07) is 7.69. The zero-order valence-corrected chi connectivity index (χ0v) is 14.2. The Morgan fingerprint density at radius 1 is 1.50 bits per heavy atom. The fourth-order valence-corrected chi connectivity index (χ4v) is 3.12. The van der Waals surface area contributed by atoms with Crippen molar-refractivity contribution in [2.24, 2.45) is 0 Å². The van der Waals surface area contributed by atoms with Crippen LogP contribution in [0.3, 0.4) is 0 Å². The third kappa shape index (κ3) is 3.74. The van der Waals surface area contributed by atoms with Crippen molar-refractivity contribution in [2.45, 2.75) is 37.3 Å². The Morgan fingerprint density at radius 2 is 2.27 bits per heavy atom. The van der Waals surface area contributed by atoms with Gasteiger partial charge in [-0.25, -0.2) is 0 Å². The van der Waals surface area contributed by atoms with Crippen LogP contribution < -0.4 is 10.6 Å². The van der Waals surface area contributed by atoms with E-state index in [1.54, 1.807) is 0 Å². The average molecular weight is 345 g/mol. The quantitative estimate of drug-likeness (QED) is 0.880. The lowest BCUT2D eigenvalue weighted by Crippen LogP contribution is -2.56. The predicted molar refractivity (Wildman–Crippen MR) is 89.8 cm³/mol. The number of benzene rings is 1. The second-order valence-electron chi connectivity index (χ2n) is 6.02. The number of hydrogen-bond donors (Lipinski definition) is 2. The first kappa shape index (κ1) is 17.5. The predicted octanol–water partition coefficient (Wildman–Crippen LogP) is 2.29. The molecule has 2 atom stereocenters. The van der Waals surface area contributed by atoms with Gasteiger partial charge in [-0.1, -0.05) is 23.7 Å². The molecule has 0 unspecified atom stereocenters. The molecule has 1 saturated carbocycles. The van der Waals surface area contributed by atoms with Gasteiger partial charge in [-0.2, -0.15) is 0 Å². The first-order valence-electron chi connectivity index (χ1n) is 7.49. The van der Waals surface area contributed by atoms with Gasteiger partial charge in [0.15, 0.2) is 0 Å². The van der Waals surface area contributed by atoms with E-state index in [1.807, 2.05) is 25.1 Å². The third-order valence-corrected chi connectivity index (χ3v) is 4.73. The van der Waals surface area contributed by atoms with Crippen LogP contribution in [-0.4, -0.2) is 37.7 Å². The summed E-state index contributed by atoms with van der Waals surface area (Å²) in [6.45, 7) is 3.98. The van der Waals surface area contributed by atoms with Crippen molar-refractivity contribution in [2.75, 3.05) is 19.7 Å². The summed E-state index contributed by atoms with van der Waals surface area (Å²) in [5.74, 6) is 0.0236. The van der Waals surface area contributed by atoms with Crippen LogP contribution >= 0.6 is 24.0 Å². The largest absolute Gasteiger partial charge is 0.375 e. The molecule has 0 aromatic heterocycles. The van der Waals surface area contributed by atoms with Crippen LogP contribution in [0.25, 0.3) is 0 Å². The molecule has 2 N–H and O–H groups in total. The second kappa shape index (κ2) is 7.18. The van der Waals surface area contributed by atoms with Crippen molar-refractivity contribution in [1.29, 1.82) is 0 Å². The third-order valence-electron chi connectivity index (χ3n) is 4.49. The highest BCUT2D eigenvalue weighted by Crippen LogP contribution is 2.48. The summed E-state index contributed by atoms with van der Waals surface area (Å²) in [5.41, 5.74) is 1.29. The van der Waals surface area contributed by atoms with Gasteiger partial charge in [0.2, 0.25) is 5.91 Å². The standard InChI is InChI=1S/C16H21ClN2O2.ClH/c1-11-14(18-7-8-21-11)15(20)19-10-16(5-6-16)12-3-2-4-13(17)9-12;/h2-4,9,11,14,18H,5-8,10H2,1H3,(H,19,20);1H/t11-,14+;/m1./s1. The van der Waals surface area contributed by atoms with Crippen molar-refractivity contribution in [3.63, 3.8) is 0 Å². The summed E-state index contributed by atoms with van der Waals surface area (Å²) < 4.78 is 5.52. The maximum atomic E-state index is 12.3. The van der Waals surface area contributed by atoms with Gasteiger partial charge in [0.05, 0.1) is 12.7 Å². The van der Waals surface area contributed by atoms with Crippen molar-refractivity contribution in [1.82, 2.24) is 10.6 Å².